The van der Waals surface area contributed by atoms with Gasteiger partial charge in [0.2, 0.25) is 6.79 Å². The molecule has 1 fully saturated rings. The third-order valence-corrected chi connectivity index (χ3v) is 4.99. The van der Waals surface area contributed by atoms with Crippen LogP contribution in [0.3, 0.4) is 0 Å². The Morgan fingerprint density at radius 1 is 1.18 bits per heavy atom. The standard InChI is InChI=1S/C21H22N2O5/c1-2-26-21(25)17-10-16(17)12-23(20(24)15-5-7-22-8-6-15)11-14-3-4-18-19(9-14)28-13-27-18/h3-9,16-17H,2,10-13H2,1H3/t16-,17+/m0/s1. The highest BCUT2D eigenvalue weighted by Gasteiger charge is 2.45. The van der Waals surface area contributed by atoms with Gasteiger partial charge in [-0.1, -0.05) is 6.07 Å². The summed E-state index contributed by atoms with van der Waals surface area (Å²) in [7, 11) is 0. The van der Waals surface area contributed by atoms with Gasteiger partial charge in [-0.25, -0.2) is 0 Å². The van der Waals surface area contributed by atoms with Crippen LogP contribution in [0.4, 0.5) is 0 Å². The van der Waals surface area contributed by atoms with Crippen molar-refractivity contribution >= 4 is 11.9 Å². The maximum atomic E-state index is 13.1. The summed E-state index contributed by atoms with van der Waals surface area (Å²) in [6.45, 7) is 3.30. The summed E-state index contributed by atoms with van der Waals surface area (Å²) in [5.41, 5.74) is 1.52. The van der Waals surface area contributed by atoms with E-state index in [9.17, 15) is 9.59 Å². The smallest absolute Gasteiger partial charge is 0.309 e. The number of carbonyl (C=O) groups is 2. The molecule has 1 aromatic carbocycles. The van der Waals surface area contributed by atoms with Crippen molar-refractivity contribution in [3.05, 3.63) is 53.9 Å². The van der Waals surface area contributed by atoms with E-state index in [2.05, 4.69) is 4.98 Å². The average Bonchev–Trinajstić information content (AvgIpc) is 3.33. The van der Waals surface area contributed by atoms with Crippen LogP contribution in [0.2, 0.25) is 0 Å². The molecule has 146 valence electrons. The third-order valence-electron chi connectivity index (χ3n) is 4.99. The molecule has 4 rings (SSSR count). The van der Waals surface area contributed by atoms with Crippen molar-refractivity contribution < 1.29 is 23.8 Å². The van der Waals surface area contributed by atoms with E-state index >= 15 is 0 Å². The molecule has 0 spiro atoms. The van der Waals surface area contributed by atoms with Gasteiger partial charge in [0.15, 0.2) is 11.5 Å². The summed E-state index contributed by atoms with van der Waals surface area (Å²) in [5, 5.41) is 0. The number of benzene rings is 1. The Bertz CT molecular complexity index is 870. The van der Waals surface area contributed by atoms with Crippen LogP contribution < -0.4 is 9.47 Å². The van der Waals surface area contributed by atoms with Gasteiger partial charge in [-0.15, -0.1) is 0 Å². The van der Waals surface area contributed by atoms with E-state index in [0.717, 1.165) is 12.0 Å². The number of carbonyl (C=O) groups excluding carboxylic acids is 2. The highest BCUT2D eigenvalue weighted by Crippen LogP contribution is 2.41. The summed E-state index contributed by atoms with van der Waals surface area (Å²) in [6.07, 6.45) is 3.95. The fraction of sp³-hybridized carbons (Fsp3) is 0.381. The molecule has 7 heteroatoms. The summed E-state index contributed by atoms with van der Waals surface area (Å²) >= 11 is 0. The second kappa shape index (κ2) is 7.88. The minimum Gasteiger partial charge on any atom is -0.466 e. The molecular weight excluding hydrogens is 360 g/mol. The Morgan fingerprint density at radius 3 is 2.75 bits per heavy atom. The molecular formula is C21H22N2O5. The second-order valence-corrected chi connectivity index (χ2v) is 6.96. The molecule has 0 radical (unpaired) electrons. The lowest BCUT2D eigenvalue weighted by Gasteiger charge is -2.23. The Morgan fingerprint density at radius 2 is 1.96 bits per heavy atom. The number of pyridine rings is 1. The maximum absolute atomic E-state index is 13.1. The lowest BCUT2D eigenvalue weighted by atomic mass is 10.1. The van der Waals surface area contributed by atoms with E-state index in [4.69, 9.17) is 14.2 Å². The molecule has 1 aliphatic heterocycles. The van der Waals surface area contributed by atoms with Gasteiger partial charge in [-0.3, -0.25) is 14.6 Å². The van der Waals surface area contributed by atoms with Gasteiger partial charge in [-0.2, -0.15) is 0 Å². The number of aromatic nitrogens is 1. The first-order chi connectivity index (χ1) is 13.7. The van der Waals surface area contributed by atoms with E-state index in [0.29, 0.717) is 36.8 Å². The van der Waals surface area contributed by atoms with Gasteiger partial charge < -0.3 is 19.1 Å². The van der Waals surface area contributed by atoms with Crippen LogP contribution in [0.25, 0.3) is 0 Å². The van der Waals surface area contributed by atoms with Crippen molar-refractivity contribution in [3.63, 3.8) is 0 Å². The molecule has 2 heterocycles. The molecule has 7 nitrogen and oxygen atoms in total. The van der Waals surface area contributed by atoms with Crippen molar-refractivity contribution in [1.29, 1.82) is 0 Å². The molecule has 0 bridgehead atoms. The highest BCUT2D eigenvalue weighted by atomic mass is 16.7. The average molecular weight is 382 g/mol. The zero-order chi connectivity index (χ0) is 19.5. The molecule has 0 unspecified atom stereocenters. The Balaban J connectivity index is 1.50. The molecule has 2 aliphatic rings. The molecule has 1 saturated carbocycles. The maximum Gasteiger partial charge on any atom is 0.309 e. The monoisotopic (exact) mass is 382 g/mol. The zero-order valence-electron chi connectivity index (χ0n) is 15.7. The van der Waals surface area contributed by atoms with Crippen LogP contribution in [0, 0.1) is 11.8 Å². The SMILES string of the molecule is CCOC(=O)[C@@H]1C[C@H]1CN(Cc1ccc2c(c1)OCO2)C(=O)c1ccncc1. The lowest BCUT2D eigenvalue weighted by Crippen LogP contribution is -2.33. The fourth-order valence-electron chi connectivity index (χ4n) is 3.43. The summed E-state index contributed by atoms with van der Waals surface area (Å²) < 4.78 is 15.9. The predicted octanol–water partition coefficient (Wildman–Crippen LogP) is 2.65. The van der Waals surface area contributed by atoms with E-state index in [1.165, 1.54) is 0 Å². The van der Waals surface area contributed by atoms with Gasteiger partial charge in [0.25, 0.3) is 5.91 Å². The Hall–Kier alpha value is -3.09. The zero-order valence-corrected chi connectivity index (χ0v) is 15.7. The van der Waals surface area contributed by atoms with Crippen molar-refractivity contribution in [2.45, 2.75) is 19.9 Å². The molecule has 28 heavy (non-hydrogen) atoms. The molecule has 1 aromatic heterocycles. The van der Waals surface area contributed by atoms with Gasteiger partial charge in [0, 0.05) is 31.0 Å². The lowest BCUT2D eigenvalue weighted by molar-refractivity contribution is -0.145. The largest absolute Gasteiger partial charge is 0.466 e. The number of hydrogen-bond acceptors (Lipinski definition) is 6. The Labute approximate surface area is 163 Å². The number of nitrogens with zero attached hydrogens (tertiary/aromatic N) is 2. The van der Waals surface area contributed by atoms with Crippen molar-refractivity contribution in [1.82, 2.24) is 9.88 Å². The first kappa shape index (κ1) is 18.3. The number of amides is 1. The minimum absolute atomic E-state index is 0.0884. The quantitative estimate of drug-likeness (QED) is 0.685. The van der Waals surface area contributed by atoms with Crippen LogP contribution >= 0.6 is 0 Å². The van der Waals surface area contributed by atoms with Gasteiger partial charge in [0.1, 0.15) is 0 Å². The van der Waals surface area contributed by atoms with Crippen LogP contribution in [-0.4, -0.2) is 41.7 Å². The highest BCUT2D eigenvalue weighted by molar-refractivity contribution is 5.94. The van der Waals surface area contributed by atoms with E-state index in [1.54, 1.807) is 36.4 Å². The number of ether oxygens (including phenoxy) is 3. The normalized spacial score (nSPS) is 19.2. The number of hydrogen-bond donors (Lipinski definition) is 0. The van der Waals surface area contributed by atoms with Gasteiger partial charge in [0.05, 0.1) is 12.5 Å². The molecule has 0 saturated heterocycles. The summed E-state index contributed by atoms with van der Waals surface area (Å²) in [5.74, 6) is 1.13. The molecule has 1 amide bonds. The van der Waals surface area contributed by atoms with Crippen molar-refractivity contribution in [2.75, 3.05) is 19.9 Å². The number of rotatable bonds is 7. The summed E-state index contributed by atoms with van der Waals surface area (Å²) in [6, 6.07) is 9.07. The van der Waals surface area contributed by atoms with Gasteiger partial charge in [-0.05, 0) is 49.1 Å². The first-order valence-corrected chi connectivity index (χ1v) is 9.40. The van der Waals surface area contributed by atoms with E-state index < -0.39 is 0 Å². The number of esters is 1. The van der Waals surface area contributed by atoms with Crippen LogP contribution in [-0.2, 0) is 16.1 Å². The minimum atomic E-state index is -0.174. The predicted molar refractivity (Wildman–Crippen MR) is 99.8 cm³/mol. The van der Waals surface area contributed by atoms with Crippen molar-refractivity contribution in [2.24, 2.45) is 11.8 Å². The number of fused-ring (bicyclic) bond motifs is 1. The first-order valence-electron chi connectivity index (χ1n) is 9.40. The molecule has 1 aliphatic carbocycles. The third kappa shape index (κ3) is 3.93. The second-order valence-electron chi connectivity index (χ2n) is 6.96. The van der Waals surface area contributed by atoms with E-state index in [-0.39, 0.29) is 30.5 Å². The fourth-order valence-corrected chi connectivity index (χ4v) is 3.43. The molecule has 2 atom stereocenters. The summed E-state index contributed by atoms with van der Waals surface area (Å²) in [4.78, 5) is 30.8. The van der Waals surface area contributed by atoms with Crippen LogP contribution in [0.15, 0.2) is 42.7 Å². The van der Waals surface area contributed by atoms with Gasteiger partial charge >= 0.3 is 5.97 Å². The van der Waals surface area contributed by atoms with Crippen molar-refractivity contribution in [3.8, 4) is 11.5 Å². The van der Waals surface area contributed by atoms with Crippen LogP contribution in [0.5, 0.6) is 11.5 Å². The molecule has 0 N–H and O–H groups in total. The molecule has 2 aromatic rings. The Kier molecular flexibility index (Phi) is 5.14. The van der Waals surface area contributed by atoms with E-state index in [1.807, 2.05) is 18.2 Å². The van der Waals surface area contributed by atoms with Crippen LogP contribution in [0.1, 0.15) is 29.3 Å². The topological polar surface area (TPSA) is 78.0 Å².